The van der Waals surface area contributed by atoms with Gasteiger partial charge in [-0.05, 0) is 25.8 Å². The number of rotatable bonds is 4. The maximum atomic E-state index is 6.07. The number of ether oxygens (including phenoxy) is 1. The van der Waals surface area contributed by atoms with Crippen molar-refractivity contribution in [2.75, 3.05) is 19.5 Å². The number of hydrogen-bond acceptors (Lipinski definition) is 3. The molecule has 2 rings (SSSR count). The maximum Gasteiger partial charge on any atom is 0.122 e. The monoisotopic (exact) mass is 268 g/mol. The molecule has 100 valence electrons. The summed E-state index contributed by atoms with van der Waals surface area (Å²) in [6.07, 6.45) is 1.22. The van der Waals surface area contributed by atoms with Crippen LogP contribution in [0.4, 0.5) is 0 Å². The zero-order valence-corrected chi connectivity index (χ0v) is 12.1. The van der Waals surface area contributed by atoms with E-state index in [0.29, 0.717) is 17.8 Å². The molecule has 1 aromatic rings. The summed E-state index contributed by atoms with van der Waals surface area (Å²) < 4.78 is 5.29. The van der Waals surface area contributed by atoms with E-state index in [4.69, 9.17) is 16.3 Å². The number of pyridine rings is 1. The van der Waals surface area contributed by atoms with Gasteiger partial charge in [-0.1, -0.05) is 6.92 Å². The van der Waals surface area contributed by atoms with Crippen molar-refractivity contribution in [1.29, 1.82) is 0 Å². The Morgan fingerprint density at radius 1 is 1.50 bits per heavy atom. The third-order valence-corrected chi connectivity index (χ3v) is 4.05. The van der Waals surface area contributed by atoms with Gasteiger partial charge in [0.25, 0.3) is 0 Å². The molecule has 18 heavy (non-hydrogen) atoms. The molecule has 0 aliphatic carbocycles. The van der Waals surface area contributed by atoms with Crippen LogP contribution in [0, 0.1) is 12.8 Å². The average molecular weight is 269 g/mol. The van der Waals surface area contributed by atoms with Crippen molar-refractivity contribution in [2.45, 2.75) is 32.9 Å². The van der Waals surface area contributed by atoms with Crippen LogP contribution in [-0.4, -0.2) is 35.5 Å². The second kappa shape index (κ2) is 5.89. The maximum absolute atomic E-state index is 6.07. The van der Waals surface area contributed by atoms with Gasteiger partial charge in [0, 0.05) is 36.3 Å². The molecule has 0 amide bonds. The molecular weight excluding hydrogens is 248 g/mol. The van der Waals surface area contributed by atoms with Crippen LogP contribution in [0.15, 0.2) is 12.1 Å². The smallest absolute Gasteiger partial charge is 0.122 e. The second-order valence-electron chi connectivity index (χ2n) is 5.10. The molecule has 2 heterocycles. The lowest BCUT2D eigenvalue weighted by Crippen LogP contribution is -2.33. The topological polar surface area (TPSA) is 25.4 Å². The van der Waals surface area contributed by atoms with Gasteiger partial charge in [-0.15, -0.1) is 11.6 Å². The zero-order valence-electron chi connectivity index (χ0n) is 11.3. The third kappa shape index (κ3) is 2.96. The molecule has 0 spiro atoms. The standard InChI is InChI=1S/C14H21ClN2O/c1-10-4-5-17(14(10)8-15)9-12-7-13(18-3)6-11(2)16-12/h6-7,10,14H,4-5,8-9H2,1-3H3. The first-order valence-corrected chi connectivity index (χ1v) is 6.99. The Kier molecular flexibility index (Phi) is 4.46. The quantitative estimate of drug-likeness (QED) is 0.786. The van der Waals surface area contributed by atoms with Crippen molar-refractivity contribution in [2.24, 2.45) is 5.92 Å². The Hall–Kier alpha value is -0.800. The number of methoxy groups -OCH3 is 1. The van der Waals surface area contributed by atoms with Crippen molar-refractivity contribution in [3.8, 4) is 5.75 Å². The molecule has 2 atom stereocenters. The molecule has 4 heteroatoms. The lowest BCUT2D eigenvalue weighted by molar-refractivity contribution is 0.239. The van der Waals surface area contributed by atoms with Crippen LogP contribution in [0.5, 0.6) is 5.75 Å². The second-order valence-corrected chi connectivity index (χ2v) is 5.41. The average Bonchev–Trinajstić information content (AvgIpc) is 2.69. The summed E-state index contributed by atoms with van der Waals surface area (Å²) in [5.41, 5.74) is 2.06. The highest BCUT2D eigenvalue weighted by Crippen LogP contribution is 2.26. The number of aromatic nitrogens is 1. The van der Waals surface area contributed by atoms with Crippen LogP contribution < -0.4 is 4.74 Å². The molecular formula is C14H21ClN2O. The summed E-state index contributed by atoms with van der Waals surface area (Å²) >= 11 is 6.07. The first kappa shape index (κ1) is 13.6. The Balaban J connectivity index is 2.11. The van der Waals surface area contributed by atoms with Crippen LogP contribution in [0.2, 0.25) is 0 Å². The summed E-state index contributed by atoms with van der Waals surface area (Å²) in [5.74, 6) is 2.26. The molecule has 3 nitrogen and oxygen atoms in total. The van der Waals surface area contributed by atoms with Crippen molar-refractivity contribution < 1.29 is 4.74 Å². The van der Waals surface area contributed by atoms with Gasteiger partial charge < -0.3 is 4.74 Å². The zero-order chi connectivity index (χ0) is 13.1. The summed E-state index contributed by atoms with van der Waals surface area (Å²) in [7, 11) is 1.69. The number of likely N-dealkylation sites (tertiary alicyclic amines) is 1. The van der Waals surface area contributed by atoms with Gasteiger partial charge >= 0.3 is 0 Å². The van der Waals surface area contributed by atoms with Crippen LogP contribution in [0.3, 0.4) is 0 Å². The van der Waals surface area contributed by atoms with E-state index in [1.807, 2.05) is 19.1 Å². The fourth-order valence-electron chi connectivity index (χ4n) is 2.64. The third-order valence-electron chi connectivity index (χ3n) is 3.74. The van der Waals surface area contributed by atoms with Crippen molar-refractivity contribution >= 4 is 11.6 Å². The minimum Gasteiger partial charge on any atom is -0.497 e. The van der Waals surface area contributed by atoms with E-state index >= 15 is 0 Å². The Morgan fingerprint density at radius 2 is 2.28 bits per heavy atom. The van der Waals surface area contributed by atoms with Gasteiger partial charge in [0.05, 0.1) is 12.8 Å². The van der Waals surface area contributed by atoms with Crippen LogP contribution in [0.25, 0.3) is 0 Å². The molecule has 0 bridgehead atoms. The van der Waals surface area contributed by atoms with E-state index in [9.17, 15) is 0 Å². The van der Waals surface area contributed by atoms with E-state index in [1.54, 1.807) is 7.11 Å². The summed E-state index contributed by atoms with van der Waals surface area (Å²) in [4.78, 5) is 7.00. The number of halogens is 1. The number of alkyl halides is 1. The van der Waals surface area contributed by atoms with Crippen LogP contribution in [0.1, 0.15) is 24.7 Å². The lowest BCUT2D eigenvalue weighted by atomic mass is 10.1. The molecule has 0 N–H and O–H groups in total. The first-order chi connectivity index (χ1) is 8.63. The molecule has 1 fully saturated rings. The largest absolute Gasteiger partial charge is 0.497 e. The first-order valence-electron chi connectivity index (χ1n) is 6.45. The SMILES string of the molecule is COc1cc(C)nc(CN2CCC(C)C2CCl)c1. The highest BCUT2D eigenvalue weighted by atomic mass is 35.5. The lowest BCUT2D eigenvalue weighted by Gasteiger charge is -2.24. The minimum atomic E-state index is 0.472. The van der Waals surface area contributed by atoms with Gasteiger partial charge in [0.15, 0.2) is 0 Å². The molecule has 1 aromatic heterocycles. The normalized spacial score (nSPS) is 24.4. The van der Waals surface area contributed by atoms with Crippen molar-refractivity contribution in [1.82, 2.24) is 9.88 Å². The summed E-state index contributed by atoms with van der Waals surface area (Å²) in [5, 5.41) is 0. The van der Waals surface area contributed by atoms with E-state index in [0.717, 1.165) is 30.2 Å². The van der Waals surface area contributed by atoms with E-state index < -0.39 is 0 Å². The van der Waals surface area contributed by atoms with Gasteiger partial charge in [0.1, 0.15) is 5.75 Å². The number of aryl methyl sites for hydroxylation is 1. The fraction of sp³-hybridized carbons (Fsp3) is 0.643. The molecule has 2 unspecified atom stereocenters. The Labute approximate surface area is 114 Å². The molecule has 0 radical (unpaired) electrons. The molecule has 1 aliphatic rings. The van der Waals surface area contributed by atoms with Crippen molar-refractivity contribution in [3.05, 3.63) is 23.5 Å². The van der Waals surface area contributed by atoms with E-state index in [2.05, 4.69) is 16.8 Å². The van der Waals surface area contributed by atoms with E-state index in [1.165, 1.54) is 6.42 Å². The highest BCUT2D eigenvalue weighted by Gasteiger charge is 2.30. The summed E-state index contributed by atoms with van der Waals surface area (Å²) in [6, 6.07) is 4.44. The molecule has 1 saturated heterocycles. The van der Waals surface area contributed by atoms with Gasteiger partial charge in [-0.25, -0.2) is 0 Å². The predicted molar refractivity (Wildman–Crippen MR) is 74.2 cm³/mol. The van der Waals surface area contributed by atoms with Gasteiger partial charge in [0.2, 0.25) is 0 Å². The summed E-state index contributed by atoms with van der Waals surface area (Å²) in [6.45, 7) is 6.24. The van der Waals surface area contributed by atoms with Crippen LogP contribution >= 0.6 is 11.6 Å². The molecule has 0 aromatic carbocycles. The van der Waals surface area contributed by atoms with Crippen molar-refractivity contribution in [3.63, 3.8) is 0 Å². The molecule has 0 saturated carbocycles. The Morgan fingerprint density at radius 3 is 2.94 bits per heavy atom. The van der Waals surface area contributed by atoms with E-state index in [-0.39, 0.29) is 0 Å². The number of hydrogen-bond donors (Lipinski definition) is 0. The van der Waals surface area contributed by atoms with Gasteiger partial charge in [-0.2, -0.15) is 0 Å². The predicted octanol–water partition coefficient (Wildman–Crippen LogP) is 2.85. The number of nitrogens with zero attached hydrogens (tertiary/aromatic N) is 2. The minimum absolute atomic E-state index is 0.472. The Bertz CT molecular complexity index is 411. The highest BCUT2D eigenvalue weighted by molar-refractivity contribution is 6.18. The van der Waals surface area contributed by atoms with Gasteiger partial charge in [-0.3, -0.25) is 9.88 Å². The fourth-order valence-corrected chi connectivity index (χ4v) is 3.14. The van der Waals surface area contributed by atoms with Crippen LogP contribution in [-0.2, 0) is 6.54 Å². The molecule has 1 aliphatic heterocycles.